The van der Waals surface area contributed by atoms with Gasteiger partial charge in [-0.3, -0.25) is 0 Å². The Kier molecular flexibility index (Phi) is 9.24. The number of rotatable bonds is 6. The molecule has 54 heavy (non-hydrogen) atoms. The summed E-state index contributed by atoms with van der Waals surface area (Å²) in [5, 5.41) is 0. The summed E-state index contributed by atoms with van der Waals surface area (Å²) in [4.78, 5) is 27.0. The molecule has 0 aromatic heterocycles. The minimum absolute atomic E-state index is 0.0398. The van der Waals surface area contributed by atoms with Gasteiger partial charge in [0.1, 0.15) is 12.7 Å². The molecular formula is C46H64O8. The SMILES string of the molecule is C=C1CC[C@@H]2[C@]3(C)COC(C)(C)O[C@@H]3CC[C@@]2(C)[C@@H]1/C=C/C1=C[C@@H]([C@H](C[C@@H]2C(=C)CC[C@@H]3[C@]4(C)COC(C)(C)O[C@@H]4CC[C@]32C)C2=CCOC2=O)OC1=O. The molecule has 4 aliphatic heterocycles. The highest BCUT2D eigenvalue weighted by molar-refractivity contribution is 5.95. The zero-order valence-corrected chi connectivity index (χ0v) is 34.1. The Balaban J connectivity index is 1.06. The first-order chi connectivity index (χ1) is 25.3. The average molecular weight is 745 g/mol. The highest BCUT2D eigenvalue weighted by Gasteiger charge is 2.63. The molecule has 4 heterocycles. The lowest BCUT2D eigenvalue weighted by molar-refractivity contribution is -0.344. The summed E-state index contributed by atoms with van der Waals surface area (Å²) in [7, 11) is 0. The number of esters is 2. The monoisotopic (exact) mass is 744 g/mol. The largest absolute Gasteiger partial charge is 0.458 e. The predicted molar refractivity (Wildman–Crippen MR) is 206 cm³/mol. The zero-order valence-electron chi connectivity index (χ0n) is 34.1. The highest BCUT2D eigenvalue weighted by Crippen LogP contribution is 2.65. The lowest BCUT2D eigenvalue weighted by Gasteiger charge is -2.63. The van der Waals surface area contributed by atoms with Gasteiger partial charge in [0, 0.05) is 28.2 Å². The Labute approximate surface area is 323 Å². The van der Waals surface area contributed by atoms with Crippen LogP contribution in [0.3, 0.4) is 0 Å². The summed E-state index contributed by atoms with van der Waals surface area (Å²) in [6, 6.07) is 0. The van der Waals surface area contributed by atoms with Crippen LogP contribution in [0.2, 0.25) is 0 Å². The van der Waals surface area contributed by atoms with Gasteiger partial charge >= 0.3 is 11.9 Å². The smallest absolute Gasteiger partial charge is 0.338 e. The van der Waals surface area contributed by atoms with E-state index < -0.39 is 17.7 Å². The van der Waals surface area contributed by atoms with Gasteiger partial charge in [0.05, 0.1) is 31.0 Å². The van der Waals surface area contributed by atoms with Crippen LogP contribution in [-0.4, -0.2) is 61.6 Å². The Morgan fingerprint density at radius 1 is 0.759 bits per heavy atom. The van der Waals surface area contributed by atoms with Crippen molar-refractivity contribution in [2.45, 2.75) is 143 Å². The van der Waals surface area contributed by atoms with E-state index in [1.54, 1.807) is 0 Å². The molecule has 8 aliphatic rings. The topological polar surface area (TPSA) is 89.5 Å². The van der Waals surface area contributed by atoms with Crippen molar-refractivity contribution < 1.29 is 38.0 Å². The molecular weight excluding hydrogens is 680 g/mol. The molecule has 0 aromatic carbocycles. The van der Waals surface area contributed by atoms with Crippen molar-refractivity contribution in [3.05, 3.63) is 59.8 Å². The maximum atomic E-state index is 13.7. The van der Waals surface area contributed by atoms with Crippen LogP contribution >= 0.6 is 0 Å². The van der Waals surface area contributed by atoms with Crippen molar-refractivity contribution in [1.29, 1.82) is 0 Å². The second-order valence-electron chi connectivity index (χ2n) is 20.2. The first kappa shape index (κ1) is 38.4. The number of allylic oxidation sites excluding steroid dienone is 3. The van der Waals surface area contributed by atoms with Crippen LogP contribution in [0, 0.1) is 51.2 Å². The highest BCUT2D eigenvalue weighted by atomic mass is 16.7. The summed E-state index contributed by atoms with van der Waals surface area (Å²) < 4.78 is 37.4. The maximum absolute atomic E-state index is 13.7. The van der Waals surface area contributed by atoms with E-state index >= 15 is 0 Å². The van der Waals surface area contributed by atoms with E-state index in [1.807, 2.05) is 45.9 Å². The molecule has 6 fully saturated rings. The summed E-state index contributed by atoms with van der Waals surface area (Å²) in [6.07, 6.45) is 16.3. The predicted octanol–water partition coefficient (Wildman–Crippen LogP) is 8.96. The van der Waals surface area contributed by atoms with E-state index in [4.69, 9.17) is 28.4 Å². The van der Waals surface area contributed by atoms with Crippen molar-refractivity contribution in [1.82, 2.24) is 0 Å². The number of carbonyl (C=O) groups excluding carboxylic acids is 2. The molecule has 8 rings (SSSR count). The van der Waals surface area contributed by atoms with Crippen molar-refractivity contribution in [2.75, 3.05) is 19.8 Å². The molecule has 0 N–H and O–H groups in total. The van der Waals surface area contributed by atoms with E-state index in [0.717, 1.165) is 51.4 Å². The Hall–Kier alpha value is -2.52. The van der Waals surface area contributed by atoms with Crippen LogP contribution in [0.5, 0.6) is 0 Å². The third-order valence-corrected chi connectivity index (χ3v) is 16.1. The molecule has 0 unspecified atom stereocenters. The first-order valence-corrected chi connectivity index (χ1v) is 20.8. The lowest BCUT2D eigenvalue weighted by Crippen LogP contribution is -2.63. The maximum Gasteiger partial charge on any atom is 0.338 e. The van der Waals surface area contributed by atoms with Crippen molar-refractivity contribution in [3.63, 3.8) is 0 Å². The number of hydrogen-bond acceptors (Lipinski definition) is 8. The van der Waals surface area contributed by atoms with Crippen LogP contribution in [-0.2, 0) is 38.0 Å². The molecule has 4 aliphatic carbocycles. The normalized spacial score (nSPS) is 46.0. The third kappa shape index (κ3) is 6.06. The van der Waals surface area contributed by atoms with Gasteiger partial charge in [0.25, 0.3) is 0 Å². The fraction of sp³-hybridized carbons (Fsp3) is 0.739. The van der Waals surface area contributed by atoms with Gasteiger partial charge in [0.2, 0.25) is 0 Å². The van der Waals surface area contributed by atoms with Gasteiger partial charge < -0.3 is 28.4 Å². The molecule has 8 nitrogen and oxygen atoms in total. The van der Waals surface area contributed by atoms with Crippen molar-refractivity contribution in [3.8, 4) is 0 Å². The molecule has 4 saturated carbocycles. The summed E-state index contributed by atoms with van der Waals surface area (Å²) in [5.74, 6) is -1.15. The van der Waals surface area contributed by atoms with E-state index in [0.29, 0.717) is 42.6 Å². The Morgan fingerprint density at radius 2 is 1.33 bits per heavy atom. The van der Waals surface area contributed by atoms with Crippen LogP contribution < -0.4 is 0 Å². The fourth-order valence-electron chi connectivity index (χ4n) is 13.2. The Morgan fingerprint density at radius 3 is 1.93 bits per heavy atom. The minimum atomic E-state index is -0.584. The van der Waals surface area contributed by atoms with E-state index in [2.05, 4.69) is 46.9 Å². The van der Waals surface area contributed by atoms with Gasteiger partial charge in [-0.05, 0) is 126 Å². The lowest BCUT2D eigenvalue weighted by atomic mass is 9.45. The second-order valence-corrected chi connectivity index (χ2v) is 20.2. The van der Waals surface area contributed by atoms with Crippen LogP contribution in [0.4, 0.5) is 0 Å². The molecule has 0 amide bonds. The molecule has 12 atom stereocenters. The van der Waals surface area contributed by atoms with Gasteiger partial charge in [0.15, 0.2) is 11.6 Å². The van der Waals surface area contributed by atoms with E-state index in [1.165, 1.54) is 11.1 Å². The van der Waals surface area contributed by atoms with Crippen LogP contribution in [0.15, 0.2) is 59.8 Å². The molecule has 0 bridgehead atoms. The summed E-state index contributed by atoms with van der Waals surface area (Å²) >= 11 is 0. The summed E-state index contributed by atoms with van der Waals surface area (Å²) in [5.41, 5.74) is 3.26. The number of cyclic esters (lactones) is 2. The second kappa shape index (κ2) is 13.0. The first-order valence-electron chi connectivity index (χ1n) is 20.8. The number of ether oxygens (including phenoxy) is 6. The van der Waals surface area contributed by atoms with Gasteiger partial charge in [-0.2, -0.15) is 0 Å². The quantitative estimate of drug-likeness (QED) is 0.197. The van der Waals surface area contributed by atoms with Gasteiger partial charge in [-0.25, -0.2) is 9.59 Å². The standard InChI is InChI=1S/C46H64O8/c1-27-11-15-35-43(7,20-17-37-45(35,9)25-50-41(3,4)53-37)32(27)14-13-29-23-34(52-39(29)47)31(30-19-22-49-40(30)48)24-33-28(2)12-16-36-44(33,8)21-18-38-46(36,10)26-51-42(5,6)54-38/h13-14,19,23,31-38H,1-2,11-12,15-18,20-22,24-26H2,3-10H3/b14-13+/t31-,32-,33-,34+,35+,36+,37-,38-,43+,44+,45+,46+/m1/s1. The van der Waals surface area contributed by atoms with E-state index in [9.17, 15) is 9.59 Å². The molecule has 8 heteroatoms. The molecule has 0 aromatic rings. The molecule has 296 valence electrons. The average Bonchev–Trinajstić information content (AvgIpc) is 3.69. The number of hydrogen-bond donors (Lipinski definition) is 0. The summed E-state index contributed by atoms with van der Waals surface area (Å²) in [6.45, 7) is 28.4. The van der Waals surface area contributed by atoms with Gasteiger partial charge in [-0.15, -0.1) is 0 Å². The number of fused-ring (bicyclic) bond motifs is 6. The Bertz CT molecular complexity index is 1700. The molecule has 2 saturated heterocycles. The fourth-order valence-corrected chi connectivity index (χ4v) is 13.2. The molecule has 0 radical (unpaired) electrons. The third-order valence-electron chi connectivity index (χ3n) is 16.1. The zero-order chi connectivity index (χ0) is 38.6. The van der Waals surface area contributed by atoms with Crippen molar-refractivity contribution in [2.24, 2.45) is 51.2 Å². The van der Waals surface area contributed by atoms with Crippen molar-refractivity contribution >= 4 is 11.9 Å². The minimum Gasteiger partial charge on any atom is -0.458 e. The van der Waals surface area contributed by atoms with Gasteiger partial charge in [-0.1, -0.05) is 64.2 Å². The number of carbonyl (C=O) groups is 2. The van der Waals surface area contributed by atoms with E-state index in [-0.39, 0.29) is 70.2 Å². The molecule has 0 spiro atoms. The van der Waals surface area contributed by atoms with Crippen LogP contribution in [0.1, 0.15) is 113 Å². The van der Waals surface area contributed by atoms with Crippen LogP contribution in [0.25, 0.3) is 0 Å².